The maximum absolute atomic E-state index is 12.9. The lowest BCUT2D eigenvalue weighted by Crippen LogP contribution is -2.29. The van der Waals surface area contributed by atoms with Gasteiger partial charge in [0.25, 0.3) is 0 Å². The molecule has 114 valence electrons. The molecule has 1 rings (SSSR count). The van der Waals surface area contributed by atoms with Crippen molar-refractivity contribution in [1.29, 1.82) is 0 Å². The fraction of sp³-hybridized carbons (Fsp3) is 0.667. The Hall–Kier alpha value is -1.04. The van der Waals surface area contributed by atoms with Crippen molar-refractivity contribution in [3.63, 3.8) is 0 Å². The molecule has 0 amide bonds. The van der Waals surface area contributed by atoms with E-state index in [1.54, 1.807) is 6.07 Å². The third-order valence-corrected chi connectivity index (χ3v) is 3.18. The van der Waals surface area contributed by atoms with E-state index in [-0.39, 0.29) is 11.9 Å². The SMILES string of the molecule is CCNC(CCN(C)CCOCC)c1ccc(F)cn1. The summed E-state index contributed by atoms with van der Waals surface area (Å²) in [7, 11) is 2.08. The van der Waals surface area contributed by atoms with Crippen LogP contribution in [0.25, 0.3) is 0 Å². The number of ether oxygens (including phenoxy) is 1. The van der Waals surface area contributed by atoms with Gasteiger partial charge in [0.15, 0.2) is 0 Å². The fourth-order valence-corrected chi connectivity index (χ4v) is 2.02. The van der Waals surface area contributed by atoms with E-state index in [1.807, 2.05) is 6.92 Å². The Morgan fingerprint density at radius 3 is 2.75 bits per heavy atom. The van der Waals surface area contributed by atoms with Crippen LogP contribution in [0.15, 0.2) is 18.3 Å². The Bertz CT molecular complexity index is 359. The van der Waals surface area contributed by atoms with E-state index < -0.39 is 0 Å². The van der Waals surface area contributed by atoms with Crippen LogP contribution in [0.3, 0.4) is 0 Å². The first-order valence-corrected chi connectivity index (χ1v) is 7.28. The lowest BCUT2D eigenvalue weighted by Gasteiger charge is -2.22. The summed E-state index contributed by atoms with van der Waals surface area (Å²) in [5.41, 5.74) is 0.895. The molecule has 0 bridgehead atoms. The monoisotopic (exact) mass is 283 g/mol. The average molecular weight is 283 g/mol. The molecule has 20 heavy (non-hydrogen) atoms. The minimum absolute atomic E-state index is 0.162. The van der Waals surface area contributed by atoms with Gasteiger partial charge < -0.3 is 15.0 Å². The number of nitrogens with one attached hydrogen (secondary N) is 1. The van der Waals surface area contributed by atoms with Crippen molar-refractivity contribution in [2.75, 3.05) is 39.9 Å². The van der Waals surface area contributed by atoms with Crippen LogP contribution in [-0.2, 0) is 4.74 Å². The van der Waals surface area contributed by atoms with Crippen LogP contribution < -0.4 is 5.32 Å². The van der Waals surface area contributed by atoms with Crippen LogP contribution in [0.1, 0.15) is 32.0 Å². The van der Waals surface area contributed by atoms with Crippen molar-refractivity contribution < 1.29 is 9.13 Å². The number of rotatable bonds is 10. The second-order valence-electron chi connectivity index (χ2n) is 4.80. The van der Waals surface area contributed by atoms with Gasteiger partial charge in [-0.15, -0.1) is 0 Å². The van der Waals surface area contributed by atoms with E-state index in [9.17, 15) is 4.39 Å². The molecule has 0 saturated carbocycles. The molecule has 0 aliphatic carbocycles. The van der Waals surface area contributed by atoms with Crippen molar-refractivity contribution in [2.24, 2.45) is 0 Å². The third kappa shape index (κ3) is 6.41. The molecule has 1 unspecified atom stereocenters. The molecule has 4 nitrogen and oxygen atoms in total. The quantitative estimate of drug-likeness (QED) is 0.668. The van der Waals surface area contributed by atoms with E-state index in [1.165, 1.54) is 12.3 Å². The van der Waals surface area contributed by atoms with Crippen LogP contribution in [0.5, 0.6) is 0 Å². The molecule has 1 N–H and O–H groups in total. The van der Waals surface area contributed by atoms with Crippen molar-refractivity contribution in [2.45, 2.75) is 26.3 Å². The van der Waals surface area contributed by atoms with Crippen molar-refractivity contribution in [1.82, 2.24) is 15.2 Å². The van der Waals surface area contributed by atoms with Gasteiger partial charge in [0.1, 0.15) is 5.82 Å². The molecule has 1 heterocycles. The number of hydrogen-bond donors (Lipinski definition) is 1. The molecule has 5 heteroatoms. The summed E-state index contributed by atoms with van der Waals surface area (Å²) in [6.07, 6.45) is 2.22. The predicted molar refractivity (Wildman–Crippen MR) is 79.2 cm³/mol. The van der Waals surface area contributed by atoms with Gasteiger partial charge in [-0.25, -0.2) is 4.39 Å². The number of pyridine rings is 1. The largest absolute Gasteiger partial charge is 0.380 e. The molecule has 0 radical (unpaired) electrons. The van der Waals surface area contributed by atoms with Gasteiger partial charge in [-0.05, 0) is 45.6 Å². The van der Waals surface area contributed by atoms with Crippen LogP contribution in [0.2, 0.25) is 0 Å². The summed E-state index contributed by atoms with van der Waals surface area (Å²) >= 11 is 0. The topological polar surface area (TPSA) is 37.4 Å². The lowest BCUT2D eigenvalue weighted by molar-refractivity contribution is 0.121. The second-order valence-corrected chi connectivity index (χ2v) is 4.80. The molecule has 0 aliphatic rings. The Balaban J connectivity index is 2.44. The molecule has 0 aliphatic heterocycles. The van der Waals surface area contributed by atoms with Gasteiger partial charge >= 0.3 is 0 Å². The number of hydrogen-bond acceptors (Lipinski definition) is 4. The molecule has 1 aromatic heterocycles. The second kappa shape index (κ2) is 9.80. The minimum atomic E-state index is -0.294. The molecular formula is C15H26FN3O. The molecule has 1 atom stereocenters. The average Bonchev–Trinajstić information content (AvgIpc) is 2.45. The third-order valence-electron chi connectivity index (χ3n) is 3.18. The van der Waals surface area contributed by atoms with Crippen molar-refractivity contribution >= 4 is 0 Å². The molecule has 0 spiro atoms. The molecule has 0 saturated heterocycles. The van der Waals surface area contributed by atoms with Crippen LogP contribution >= 0.6 is 0 Å². The number of halogens is 1. The lowest BCUT2D eigenvalue weighted by atomic mass is 10.1. The van der Waals surface area contributed by atoms with E-state index in [2.05, 4.69) is 29.2 Å². The standard InChI is InChI=1S/C15H26FN3O/c1-4-17-15(14-7-6-13(16)12-18-14)8-9-19(3)10-11-20-5-2/h6-7,12,15,17H,4-5,8-11H2,1-3H3. The molecule has 1 aromatic rings. The highest BCUT2D eigenvalue weighted by atomic mass is 19.1. The number of likely N-dealkylation sites (N-methyl/N-ethyl adjacent to an activating group) is 1. The Kier molecular flexibility index (Phi) is 8.34. The summed E-state index contributed by atoms with van der Waals surface area (Å²) in [5.74, 6) is -0.294. The molecule has 0 aromatic carbocycles. The first-order chi connectivity index (χ1) is 9.67. The Labute approximate surface area is 121 Å². The molecule has 0 fully saturated rings. The van der Waals surface area contributed by atoms with Crippen LogP contribution in [-0.4, -0.2) is 49.8 Å². The van der Waals surface area contributed by atoms with E-state index in [0.717, 1.165) is 45.0 Å². The van der Waals surface area contributed by atoms with Crippen molar-refractivity contribution in [3.05, 3.63) is 29.8 Å². The summed E-state index contributed by atoms with van der Waals surface area (Å²) < 4.78 is 18.3. The van der Waals surface area contributed by atoms with Gasteiger partial charge in [0.2, 0.25) is 0 Å². The van der Waals surface area contributed by atoms with Gasteiger partial charge in [-0.1, -0.05) is 6.92 Å². The summed E-state index contributed by atoms with van der Waals surface area (Å²) in [6.45, 7) is 8.32. The van der Waals surface area contributed by atoms with E-state index in [4.69, 9.17) is 4.74 Å². The minimum Gasteiger partial charge on any atom is -0.380 e. The summed E-state index contributed by atoms with van der Waals surface area (Å²) in [6, 6.07) is 3.38. The molecular weight excluding hydrogens is 257 g/mol. The maximum atomic E-state index is 12.9. The zero-order valence-corrected chi connectivity index (χ0v) is 12.7. The highest BCUT2D eigenvalue weighted by Gasteiger charge is 2.12. The van der Waals surface area contributed by atoms with Gasteiger partial charge in [0.05, 0.1) is 24.5 Å². The normalized spacial score (nSPS) is 12.8. The summed E-state index contributed by atoms with van der Waals surface area (Å²) in [5, 5.41) is 3.40. The highest BCUT2D eigenvalue weighted by molar-refractivity contribution is 5.09. The summed E-state index contributed by atoms with van der Waals surface area (Å²) in [4.78, 5) is 6.41. The predicted octanol–water partition coefficient (Wildman–Crippen LogP) is 2.23. The number of aromatic nitrogens is 1. The van der Waals surface area contributed by atoms with Crippen LogP contribution in [0, 0.1) is 5.82 Å². The first kappa shape index (κ1) is 17.0. The number of nitrogens with zero attached hydrogens (tertiary/aromatic N) is 2. The van der Waals surface area contributed by atoms with Gasteiger partial charge in [0, 0.05) is 13.2 Å². The smallest absolute Gasteiger partial charge is 0.141 e. The fourth-order valence-electron chi connectivity index (χ4n) is 2.02. The van der Waals surface area contributed by atoms with Gasteiger partial charge in [-0.2, -0.15) is 0 Å². The van der Waals surface area contributed by atoms with E-state index in [0.29, 0.717) is 0 Å². The highest BCUT2D eigenvalue weighted by Crippen LogP contribution is 2.14. The van der Waals surface area contributed by atoms with Crippen LogP contribution in [0.4, 0.5) is 4.39 Å². The first-order valence-electron chi connectivity index (χ1n) is 7.28. The maximum Gasteiger partial charge on any atom is 0.141 e. The van der Waals surface area contributed by atoms with E-state index >= 15 is 0 Å². The zero-order valence-electron chi connectivity index (χ0n) is 12.7. The Morgan fingerprint density at radius 2 is 2.15 bits per heavy atom. The Morgan fingerprint density at radius 1 is 1.35 bits per heavy atom. The van der Waals surface area contributed by atoms with Crippen molar-refractivity contribution in [3.8, 4) is 0 Å². The van der Waals surface area contributed by atoms with Gasteiger partial charge in [-0.3, -0.25) is 4.98 Å². The zero-order chi connectivity index (χ0) is 14.8.